The van der Waals surface area contributed by atoms with Crippen LogP contribution in [0.25, 0.3) is 0 Å². The average Bonchev–Trinajstić information content (AvgIpc) is 2.39. The van der Waals surface area contributed by atoms with Gasteiger partial charge in [0.1, 0.15) is 18.2 Å². The molecule has 0 atom stereocenters. The van der Waals surface area contributed by atoms with E-state index in [1.54, 1.807) is 6.07 Å². The molecule has 0 saturated heterocycles. The third-order valence-corrected chi connectivity index (χ3v) is 3.28. The Bertz CT molecular complexity index is 608. The van der Waals surface area contributed by atoms with Gasteiger partial charge in [-0.05, 0) is 48.2 Å². The van der Waals surface area contributed by atoms with E-state index < -0.39 is 0 Å². The molecular weight excluding hydrogens is 253 g/mol. The molecule has 106 valence electrons. The summed E-state index contributed by atoms with van der Waals surface area (Å²) < 4.78 is 19.1. The lowest BCUT2D eigenvalue weighted by molar-refractivity contribution is 0.301. The first-order valence-electron chi connectivity index (χ1n) is 6.74. The summed E-state index contributed by atoms with van der Waals surface area (Å²) >= 11 is 0. The van der Waals surface area contributed by atoms with E-state index in [4.69, 9.17) is 10.5 Å². The number of anilines is 1. The zero-order valence-electron chi connectivity index (χ0n) is 12.1. The second kappa shape index (κ2) is 5.95. The molecule has 0 bridgehead atoms. The minimum atomic E-state index is -0.300. The van der Waals surface area contributed by atoms with Crippen LogP contribution >= 0.6 is 0 Å². The quantitative estimate of drug-likeness (QED) is 0.837. The van der Waals surface area contributed by atoms with Crippen LogP contribution in [0.3, 0.4) is 0 Å². The largest absolute Gasteiger partial charge is 0.489 e. The fraction of sp³-hybridized carbons (Fsp3) is 0.294. The minimum absolute atomic E-state index is 0.271. The van der Waals surface area contributed by atoms with Crippen LogP contribution in [0, 0.1) is 12.7 Å². The maximum atomic E-state index is 13.2. The van der Waals surface area contributed by atoms with E-state index in [2.05, 4.69) is 26.0 Å². The molecule has 2 aromatic rings. The molecule has 0 aliphatic rings. The molecule has 0 aliphatic heterocycles. The lowest BCUT2D eigenvalue weighted by atomic mass is 10.0. The molecule has 0 saturated carbocycles. The highest BCUT2D eigenvalue weighted by atomic mass is 19.1. The van der Waals surface area contributed by atoms with Gasteiger partial charge in [-0.2, -0.15) is 0 Å². The predicted octanol–water partition coefficient (Wildman–Crippen LogP) is 4.42. The number of rotatable bonds is 4. The van der Waals surface area contributed by atoms with Crippen LogP contribution < -0.4 is 10.5 Å². The molecule has 0 heterocycles. The Morgan fingerprint density at radius 1 is 1.15 bits per heavy atom. The van der Waals surface area contributed by atoms with Gasteiger partial charge in [0.15, 0.2) is 0 Å². The van der Waals surface area contributed by atoms with Gasteiger partial charge in [0.25, 0.3) is 0 Å². The number of hydrogen-bond acceptors (Lipinski definition) is 2. The maximum absolute atomic E-state index is 13.2. The van der Waals surface area contributed by atoms with Crippen molar-refractivity contribution in [1.82, 2.24) is 0 Å². The van der Waals surface area contributed by atoms with Crippen LogP contribution in [0.1, 0.15) is 36.5 Å². The van der Waals surface area contributed by atoms with Gasteiger partial charge in [-0.3, -0.25) is 0 Å². The number of ether oxygens (including phenoxy) is 1. The van der Waals surface area contributed by atoms with E-state index in [0.717, 1.165) is 16.9 Å². The van der Waals surface area contributed by atoms with Crippen molar-refractivity contribution in [2.75, 3.05) is 5.73 Å². The normalized spacial score (nSPS) is 10.8. The van der Waals surface area contributed by atoms with Crippen LogP contribution in [-0.4, -0.2) is 0 Å². The van der Waals surface area contributed by atoms with E-state index in [1.807, 2.05) is 13.0 Å². The van der Waals surface area contributed by atoms with Crippen LogP contribution in [0.15, 0.2) is 36.4 Å². The Balaban J connectivity index is 2.22. The molecule has 2 aromatic carbocycles. The van der Waals surface area contributed by atoms with Gasteiger partial charge in [-0.1, -0.05) is 26.0 Å². The van der Waals surface area contributed by atoms with Gasteiger partial charge in [-0.15, -0.1) is 0 Å². The van der Waals surface area contributed by atoms with Crippen LogP contribution in [-0.2, 0) is 6.61 Å². The molecule has 0 fully saturated rings. The number of benzene rings is 2. The van der Waals surface area contributed by atoms with Gasteiger partial charge in [0.2, 0.25) is 0 Å². The first-order valence-corrected chi connectivity index (χ1v) is 6.74. The maximum Gasteiger partial charge on any atom is 0.123 e. The first-order chi connectivity index (χ1) is 9.47. The smallest absolute Gasteiger partial charge is 0.123 e. The highest BCUT2D eigenvalue weighted by Crippen LogP contribution is 2.28. The number of halogens is 1. The second-order valence-corrected chi connectivity index (χ2v) is 5.33. The molecule has 2 rings (SSSR count). The summed E-state index contributed by atoms with van der Waals surface area (Å²) in [6.45, 7) is 6.53. The van der Waals surface area contributed by atoms with Crippen molar-refractivity contribution in [3.05, 3.63) is 58.9 Å². The summed E-state index contributed by atoms with van der Waals surface area (Å²) in [5.74, 6) is 0.908. The highest BCUT2D eigenvalue weighted by Gasteiger charge is 2.09. The molecule has 2 nitrogen and oxygen atoms in total. The SMILES string of the molecule is Cc1ccc(C(C)C)c(OCc2cc(F)ccc2N)c1. The second-order valence-electron chi connectivity index (χ2n) is 5.33. The van der Waals surface area contributed by atoms with E-state index in [-0.39, 0.29) is 12.4 Å². The lowest BCUT2D eigenvalue weighted by Crippen LogP contribution is -2.03. The van der Waals surface area contributed by atoms with Gasteiger partial charge >= 0.3 is 0 Å². The molecule has 2 N–H and O–H groups in total. The molecule has 0 aliphatic carbocycles. The van der Waals surface area contributed by atoms with Crippen LogP contribution in [0.4, 0.5) is 10.1 Å². The van der Waals surface area contributed by atoms with Crippen molar-refractivity contribution in [2.24, 2.45) is 0 Å². The molecule has 0 radical (unpaired) electrons. The van der Waals surface area contributed by atoms with Crippen molar-refractivity contribution in [3.8, 4) is 5.75 Å². The molecule has 0 amide bonds. The molecule has 20 heavy (non-hydrogen) atoms. The Hall–Kier alpha value is -2.03. The third kappa shape index (κ3) is 3.29. The summed E-state index contributed by atoms with van der Waals surface area (Å²) in [4.78, 5) is 0. The van der Waals surface area contributed by atoms with E-state index in [0.29, 0.717) is 17.2 Å². The van der Waals surface area contributed by atoms with E-state index >= 15 is 0 Å². The summed E-state index contributed by atoms with van der Waals surface area (Å²) in [5.41, 5.74) is 9.33. The van der Waals surface area contributed by atoms with Crippen molar-refractivity contribution < 1.29 is 9.13 Å². The molecule has 0 aromatic heterocycles. The minimum Gasteiger partial charge on any atom is -0.489 e. The van der Waals surface area contributed by atoms with E-state index in [1.165, 1.54) is 12.1 Å². The van der Waals surface area contributed by atoms with Gasteiger partial charge in [0, 0.05) is 11.3 Å². The number of aryl methyl sites for hydroxylation is 1. The van der Waals surface area contributed by atoms with Gasteiger partial charge in [-0.25, -0.2) is 4.39 Å². The summed E-state index contributed by atoms with van der Waals surface area (Å²) in [6, 6.07) is 10.5. The molecule has 0 unspecified atom stereocenters. The number of nitrogen functional groups attached to an aromatic ring is 1. The highest BCUT2D eigenvalue weighted by molar-refractivity contribution is 5.47. The zero-order valence-corrected chi connectivity index (χ0v) is 12.1. The van der Waals surface area contributed by atoms with Crippen molar-refractivity contribution in [3.63, 3.8) is 0 Å². The summed E-state index contributed by atoms with van der Waals surface area (Å²) in [7, 11) is 0. The number of hydrogen-bond donors (Lipinski definition) is 1. The monoisotopic (exact) mass is 273 g/mol. The standard InChI is InChI=1S/C17H20FNO/c1-11(2)15-6-4-12(3)8-17(15)20-10-13-9-14(18)5-7-16(13)19/h4-9,11H,10,19H2,1-3H3. The summed E-state index contributed by atoms with van der Waals surface area (Å²) in [6.07, 6.45) is 0. The predicted molar refractivity (Wildman–Crippen MR) is 80.4 cm³/mol. The van der Waals surface area contributed by atoms with Crippen molar-refractivity contribution in [2.45, 2.75) is 33.3 Å². The lowest BCUT2D eigenvalue weighted by Gasteiger charge is -2.15. The zero-order chi connectivity index (χ0) is 14.7. The van der Waals surface area contributed by atoms with E-state index in [9.17, 15) is 4.39 Å². The van der Waals surface area contributed by atoms with Gasteiger partial charge in [0.05, 0.1) is 0 Å². The fourth-order valence-electron chi connectivity index (χ4n) is 2.10. The molecule has 3 heteroatoms. The van der Waals surface area contributed by atoms with Crippen LogP contribution in [0.5, 0.6) is 5.75 Å². The Morgan fingerprint density at radius 2 is 1.90 bits per heavy atom. The topological polar surface area (TPSA) is 35.2 Å². The van der Waals surface area contributed by atoms with Crippen LogP contribution in [0.2, 0.25) is 0 Å². The Labute approximate surface area is 119 Å². The first kappa shape index (κ1) is 14.4. The Kier molecular flexibility index (Phi) is 4.28. The van der Waals surface area contributed by atoms with Crippen molar-refractivity contribution in [1.29, 1.82) is 0 Å². The third-order valence-electron chi connectivity index (χ3n) is 3.28. The average molecular weight is 273 g/mol. The molecule has 0 spiro atoms. The summed E-state index contributed by atoms with van der Waals surface area (Å²) in [5, 5.41) is 0. The molecular formula is C17H20FNO. The fourth-order valence-corrected chi connectivity index (χ4v) is 2.10. The van der Waals surface area contributed by atoms with Crippen molar-refractivity contribution >= 4 is 5.69 Å². The Morgan fingerprint density at radius 3 is 2.60 bits per heavy atom. The number of nitrogens with two attached hydrogens (primary N) is 1. The van der Waals surface area contributed by atoms with Gasteiger partial charge < -0.3 is 10.5 Å².